The van der Waals surface area contributed by atoms with E-state index in [0.29, 0.717) is 41.6 Å². The number of ether oxygens (including phenoxy) is 1. The number of hydrogen-bond acceptors (Lipinski definition) is 9. The molecule has 1 aliphatic rings. The van der Waals surface area contributed by atoms with Gasteiger partial charge in [-0.1, -0.05) is 6.07 Å². The lowest BCUT2D eigenvalue weighted by molar-refractivity contribution is 0.0627. The van der Waals surface area contributed by atoms with Crippen LogP contribution in [0.3, 0.4) is 0 Å². The third-order valence-electron chi connectivity index (χ3n) is 5.78. The number of H-pyrrole nitrogens is 1. The van der Waals surface area contributed by atoms with E-state index in [2.05, 4.69) is 30.1 Å². The second kappa shape index (κ2) is 7.80. The van der Waals surface area contributed by atoms with Crippen LogP contribution in [0.25, 0.3) is 22.7 Å². The highest BCUT2D eigenvalue weighted by molar-refractivity contribution is 5.90. The smallest absolute Gasteiger partial charge is 0.312 e. The molecule has 6 rings (SSSR count). The number of carbonyl (C=O) groups excluding carboxylic acids is 1. The summed E-state index contributed by atoms with van der Waals surface area (Å²) in [5.74, 6) is 0.517. The van der Waals surface area contributed by atoms with Crippen LogP contribution in [0.15, 0.2) is 51.7 Å². The minimum Gasteiger partial charge on any atom is -0.495 e. The zero-order valence-corrected chi connectivity index (χ0v) is 18.3. The van der Waals surface area contributed by atoms with Crippen LogP contribution < -0.4 is 4.74 Å². The molecule has 0 saturated heterocycles. The Bertz CT molecular complexity index is 1500. The molecule has 170 valence electrons. The molecule has 11 nitrogen and oxygen atoms in total. The van der Waals surface area contributed by atoms with Crippen LogP contribution in [0.2, 0.25) is 0 Å². The number of nitrogens with zero attached hydrogens (tertiary/aromatic N) is 6. The lowest BCUT2D eigenvalue weighted by Crippen LogP contribution is -2.41. The molecule has 1 aromatic carbocycles. The highest BCUT2D eigenvalue weighted by Gasteiger charge is 2.39. The predicted octanol–water partition coefficient (Wildman–Crippen LogP) is 3.10. The fourth-order valence-electron chi connectivity index (χ4n) is 4.08. The molecular formula is C23H19N7O4. The molecule has 1 atom stereocenters. The van der Waals surface area contributed by atoms with Crippen molar-refractivity contribution in [2.24, 2.45) is 0 Å². The van der Waals surface area contributed by atoms with Gasteiger partial charge in [0, 0.05) is 18.7 Å². The first-order valence-electron chi connectivity index (χ1n) is 10.6. The molecular weight excluding hydrogens is 438 g/mol. The third-order valence-corrected chi connectivity index (χ3v) is 5.78. The van der Waals surface area contributed by atoms with Gasteiger partial charge in [0.05, 0.1) is 25.3 Å². The molecule has 1 N–H and O–H groups in total. The Balaban J connectivity index is 1.37. The van der Waals surface area contributed by atoms with Crippen LogP contribution in [0.5, 0.6) is 5.75 Å². The summed E-state index contributed by atoms with van der Waals surface area (Å²) in [5.41, 5.74) is 4.47. The summed E-state index contributed by atoms with van der Waals surface area (Å²) in [6, 6.07) is 8.53. The second-order valence-electron chi connectivity index (χ2n) is 7.94. The van der Waals surface area contributed by atoms with Crippen LogP contribution >= 0.6 is 0 Å². The normalized spacial score (nSPS) is 15.5. The lowest BCUT2D eigenvalue weighted by Gasteiger charge is -2.31. The van der Waals surface area contributed by atoms with Crippen molar-refractivity contribution in [1.29, 1.82) is 0 Å². The molecule has 5 aromatic rings. The first-order chi connectivity index (χ1) is 16.6. The summed E-state index contributed by atoms with van der Waals surface area (Å²) in [5, 5.41) is 7.98. The lowest BCUT2D eigenvalue weighted by atomic mass is 10.0. The van der Waals surface area contributed by atoms with Gasteiger partial charge in [0.2, 0.25) is 5.89 Å². The molecule has 0 unspecified atom stereocenters. The number of nitrogens with one attached hydrogen (secondary N) is 1. The number of aryl methyl sites for hydroxylation is 1. The summed E-state index contributed by atoms with van der Waals surface area (Å²) in [4.78, 5) is 31.6. The number of amides is 1. The summed E-state index contributed by atoms with van der Waals surface area (Å²) in [6.07, 6.45) is 3.74. The number of rotatable bonds is 4. The Labute approximate surface area is 192 Å². The van der Waals surface area contributed by atoms with E-state index in [0.717, 1.165) is 16.8 Å². The maximum Gasteiger partial charge on any atom is 0.312 e. The van der Waals surface area contributed by atoms with E-state index in [1.165, 1.54) is 6.20 Å². The van der Waals surface area contributed by atoms with Crippen LogP contribution in [0.1, 0.15) is 39.6 Å². The Morgan fingerprint density at radius 1 is 1.18 bits per heavy atom. The molecule has 1 amide bonds. The molecule has 0 saturated carbocycles. The average Bonchev–Trinajstić information content (AvgIpc) is 3.62. The monoisotopic (exact) mass is 457 g/mol. The molecule has 4 aromatic heterocycles. The third kappa shape index (κ3) is 3.29. The molecule has 0 fully saturated rings. The van der Waals surface area contributed by atoms with Gasteiger partial charge in [-0.05, 0) is 36.8 Å². The van der Waals surface area contributed by atoms with Gasteiger partial charge in [-0.2, -0.15) is 0 Å². The van der Waals surface area contributed by atoms with Gasteiger partial charge >= 0.3 is 11.8 Å². The summed E-state index contributed by atoms with van der Waals surface area (Å²) in [7, 11) is 1.55. The van der Waals surface area contributed by atoms with E-state index in [1.54, 1.807) is 30.5 Å². The van der Waals surface area contributed by atoms with E-state index in [1.807, 2.05) is 25.1 Å². The number of benzene rings is 1. The number of methoxy groups -OCH3 is 1. The first-order valence-corrected chi connectivity index (χ1v) is 10.6. The minimum absolute atomic E-state index is 0.136. The topological polar surface area (TPSA) is 136 Å². The maximum atomic E-state index is 13.5. The number of fused-ring (bicyclic) bond motifs is 2. The maximum absolute atomic E-state index is 13.5. The first kappa shape index (κ1) is 20.1. The van der Waals surface area contributed by atoms with E-state index >= 15 is 0 Å². The molecule has 11 heteroatoms. The summed E-state index contributed by atoms with van der Waals surface area (Å²) >= 11 is 0. The van der Waals surface area contributed by atoms with Gasteiger partial charge in [-0.25, -0.2) is 15.0 Å². The van der Waals surface area contributed by atoms with E-state index < -0.39 is 11.9 Å². The fourth-order valence-corrected chi connectivity index (χ4v) is 4.08. The standard InChI is InChI=1S/C23H19N7O4/c1-12-3-6-17-16(9-12)27-21(33-17)19-18-14(25-11-26-18)7-8-30(19)23(31)22-29-28-20(34-22)15-5-4-13(32-2)10-24-15/h3-6,9-11,19H,7-8H2,1-2H3,(H,25,26)/t19-/m0/s1. The van der Waals surface area contributed by atoms with E-state index in [4.69, 9.17) is 13.6 Å². The SMILES string of the molecule is COc1ccc(-c2nnc(C(=O)N3CCc4[nH]cnc4[C@H]3c3nc4cc(C)ccc4o3)o2)nc1. The van der Waals surface area contributed by atoms with Gasteiger partial charge < -0.3 is 23.5 Å². The quantitative estimate of drug-likeness (QED) is 0.432. The molecule has 1 aliphatic heterocycles. The highest BCUT2D eigenvalue weighted by Crippen LogP contribution is 2.35. The molecule has 0 spiro atoms. The van der Waals surface area contributed by atoms with Crippen LogP contribution in [0, 0.1) is 6.92 Å². The van der Waals surface area contributed by atoms with Gasteiger partial charge in [-0.15, -0.1) is 10.2 Å². The molecule has 0 radical (unpaired) electrons. The number of aromatic amines is 1. The number of hydrogen-bond donors (Lipinski definition) is 1. The molecule has 0 bridgehead atoms. The minimum atomic E-state index is -0.635. The Kier molecular flexibility index (Phi) is 4.61. The molecule has 0 aliphatic carbocycles. The van der Waals surface area contributed by atoms with Crippen molar-refractivity contribution in [2.45, 2.75) is 19.4 Å². The zero-order chi connectivity index (χ0) is 23.2. The van der Waals surface area contributed by atoms with Crippen molar-refractivity contribution in [3.63, 3.8) is 0 Å². The van der Waals surface area contributed by atoms with Crippen molar-refractivity contribution in [3.8, 4) is 17.3 Å². The zero-order valence-electron chi connectivity index (χ0n) is 18.3. The number of carbonyl (C=O) groups is 1. The fraction of sp³-hybridized carbons (Fsp3) is 0.217. The molecule has 34 heavy (non-hydrogen) atoms. The summed E-state index contributed by atoms with van der Waals surface area (Å²) < 4.78 is 16.9. The van der Waals surface area contributed by atoms with Crippen LogP contribution in [0.4, 0.5) is 0 Å². The van der Waals surface area contributed by atoms with Crippen LogP contribution in [-0.4, -0.2) is 54.6 Å². The predicted molar refractivity (Wildman–Crippen MR) is 118 cm³/mol. The van der Waals surface area contributed by atoms with Crippen molar-refractivity contribution in [1.82, 2.24) is 35.0 Å². The highest BCUT2D eigenvalue weighted by atomic mass is 16.5. The summed E-state index contributed by atoms with van der Waals surface area (Å²) in [6.45, 7) is 2.38. The van der Waals surface area contributed by atoms with Gasteiger partial charge in [-0.3, -0.25) is 4.79 Å². The Morgan fingerprint density at radius 3 is 2.91 bits per heavy atom. The van der Waals surface area contributed by atoms with Gasteiger partial charge in [0.1, 0.15) is 17.0 Å². The number of pyridine rings is 1. The van der Waals surface area contributed by atoms with Crippen molar-refractivity contribution in [2.75, 3.05) is 13.7 Å². The van der Waals surface area contributed by atoms with Crippen molar-refractivity contribution >= 4 is 17.0 Å². The largest absolute Gasteiger partial charge is 0.495 e. The number of oxazole rings is 1. The van der Waals surface area contributed by atoms with Crippen molar-refractivity contribution in [3.05, 3.63) is 71.6 Å². The average molecular weight is 457 g/mol. The van der Waals surface area contributed by atoms with E-state index in [9.17, 15) is 4.79 Å². The van der Waals surface area contributed by atoms with Crippen molar-refractivity contribution < 1.29 is 18.4 Å². The van der Waals surface area contributed by atoms with E-state index in [-0.39, 0.29) is 11.8 Å². The Morgan fingerprint density at radius 2 is 2.09 bits per heavy atom. The van der Waals surface area contributed by atoms with Gasteiger partial charge in [0.15, 0.2) is 11.6 Å². The van der Waals surface area contributed by atoms with Gasteiger partial charge in [0.25, 0.3) is 5.89 Å². The number of aromatic nitrogens is 6. The second-order valence-corrected chi connectivity index (χ2v) is 7.94. The molecule has 5 heterocycles. The Hall–Kier alpha value is -4.54. The number of imidazole rings is 1. The van der Waals surface area contributed by atoms with Crippen LogP contribution in [-0.2, 0) is 6.42 Å².